The Hall–Kier alpha value is -3.46. The lowest BCUT2D eigenvalue weighted by Gasteiger charge is -2.31. The van der Waals surface area contributed by atoms with Crippen molar-refractivity contribution in [3.8, 4) is 0 Å². The number of hydrogen-bond acceptors (Lipinski definition) is 6. The third kappa shape index (κ3) is 4.42. The standard InChI is InChI=1S/C29H23ClN4O2S2/c1-18-12-13-25-31-26(32-14-6-9-19-7-3-5-11-23(19)32)21(27(35)33(25)16-18)15-24-28(36)34(29(37)38-24)17-20-8-2-4-10-22(20)30/h2-5,7-8,10-13,15-16H,6,9,14,17H2,1H3. The molecule has 6 nitrogen and oxygen atoms in total. The highest BCUT2D eigenvalue weighted by Gasteiger charge is 2.33. The Morgan fingerprint density at radius 1 is 1.08 bits per heavy atom. The van der Waals surface area contributed by atoms with Gasteiger partial charge in [-0.15, -0.1) is 0 Å². The van der Waals surface area contributed by atoms with Crippen LogP contribution in [0.5, 0.6) is 0 Å². The lowest BCUT2D eigenvalue weighted by atomic mass is 10.0. The molecule has 38 heavy (non-hydrogen) atoms. The summed E-state index contributed by atoms with van der Waals surface area (Å²) in [6.45, 7) is 2.92. The number of aromatic nitrogens is 2. The average Bonchev–Trinajstić information content (AvgIpc) is 3.18. The normalized spacial score (nSPS) is 16.5. The molecule has 1 fully saturated rings. The molecule has 1 saturated heterocycles. The Balaban J connectivity index is 1.48. The van der Waals surface area contributed by atoms with Crippen molar-refractivity contribution in [1.82, 2.24) is 14.3 Å². The van der Waals surface area contributed by atoms with E-state index in [0.29, 0.717) is 31.3 Å². The van der Waals surface area contributed by atoms with Crippen molar-refractivity contribution in [2.24, 2.45) is 0 Å². The Bertz CT molecular complexity index is 1710. The molecular formula is C29H23ClN4O2S2. The van der Waals surface area contributed by atoms with E-state index in [-0.39, 0.29) is 18.0 Å². The predicted octanol–water partition coefficient (Wildman–Crippen LogP) is 6.14. The van der Waals surface area contributed by atoms with Crippen LogP contribution in [0, 0.1) is 6.92 Å². The molecule has 0 N–H and O–H groups in total. The summed E-state index contributed by atoms with van der Waals surface area (Å²) in [6, 6.07) is 19.4. The minimum Gasteiger partial charge on any atom is -0.325 e. The van der Waals surface area contributed by atoms with Gasteiger partial charge in [0.2, 0.25) is 0 Å². The van der Waals surface area contributed by atoms with Gasteiger partial charge in [-0.1, -0.05) is 78.0 Å². The van der Waals surface area contributed by atoms with Gasteiger partial charge in [-0.05, 0) is 60.7 Å². The molecule has 0 radical (unpaired) electrons. The van der Waals surface area contributed by atoms with Crippen molar-refractivity contribution < 1.29 is 4.79 Å². The van der Waals surface area contributed by atoms with Gasteiger partial charge < -0.3 is 4.90 Å². The first-order chi connectivity index (χ1) is 18.4. The largest absolute Gasteiger partial charge is 0.325 e. The molecule has 2 aromatic heterocycles. The fraction of sp³-hybridized carbons (Fsp3) is 0.172. The molecule has 1 amide bonds. The van der Waals surface area contributed by atoms with E-state index >= 15 is 0 Å². The highest BCUT2D eigenvalue weighted by Crippen LogP contribution is 2.38. The second-order valence-electron chi connectivity index (χ2n) is 9.33. The lowest BCUT2D eigenvalue weighted by molar-refractivity contribution is -0.122. The van der Waals surface area contributed by atoms with Gasteiger partial charge in [0.1, 0.15) is 15.8 Å². The SMILES string of the molecule is Cc1ccc2nc(N3CCCc4ccccc43)c(C=C3SC(=S)N(Cc4ccccc4Cl)C3=O)c(=O)n2c1. The smallest absolute Gasteiger partial charge is 0.267 e. The maximum Gasteiger partial charge on any atom is 0.267 e. The second kappa shape index (κ2) is 10.0. The zero-order valence-corrected chi connectivity index (χ0v) is 22.9. The minimum atomic E-state index is -0.251. The number of carbonyl (C=O) groups excluding carboxylic acids is 1. The Kier molecular flexibility index (Phi) is 6.55. The summed E-state index contributed by atoms with van der Waals surface area (Å²) in [5.41, 5.74) is 4.68. The molecule has 0 spiro atoms. The molecule has 2 aliphatic heterocycles. The third-order valence-electron chi connectivity index (χ3n) is 6.79. The fourth-order valence-electron chi connectivity index (χ4n) is 4.90. The van der Waals surface area contributed by atoms with E-state index in [0.717, 1.165) is 36.2 Å². The number of carbonyl (C=O) groups is 1. The molecule has 2 aliphatic rings. The summed E-state index contributed by atoms with van der Waals surface area (Å²) < 4.78 is 1.97. The number of amides is 1. The number of thioether (sulfide) groups is 1. The van der Waals surface area contributed by atoms with Crippen LogP contribution in [0.15, 0.2) is 76.6 Å². The van der Waals surface area contributed by atoms with Crippen molar-refractivity contribution in [1.29, 1.82) is 0 Å². The number of hydrogen-bond donors (Lipinski definition) is 0. The van der Waals surface area contributed by atoms with Gasteiger partial charge in [0.05, 0.1) is 17.0 Å². The van der Waals surface area contributed by atoms with Crippen LogP contribution >= 0.6 is 35.6 Å². The number of thiocarbonyl (C=S) groups is 1. The van der Waals surface area contributed by atoms with E-state index < -0.39 is 0 Å². The summed E-state index contributed by atoms with van der Waals surface area (Å²) in [5, 5.41) is 0.573. The Morgan fingerprint density at radius 2 is 1.87 bits per heavy atom. The number of benzene rings is 2. The second-order valence-corrected chi connectivity index (χ2v) is 11.4. The van der Waals surface area contributed by atoms with Crippen LogP contribution in [0.25, 0.3) is 11.7 Å². The van der Waals surface area contributed by atoms with Crippen LogP contribution in [-0.4, -0.2) is 31.1 Å². The van der Waals surface area contributed by atoms with E-state index in [1.54, 1.807) is 22.7 Å². The molecule has 0 bridgehead atoms. The molecule has 0 unspecified atom stereocenters. The number of fused-ring (bicyclic) bond motifs is 2. The van der Waals surface area contributed by atoms with Gasteiger partial charge in [0.15, 0.2) is 0 Å². The highest BCUT2D eigenvalue weighted by atomic mass is 35.5. The average molecular weight is 559 g/mol. The highest BCUT2D eigenvalue weighted by molar-refractivity contribution is 8.26. The van der Waals surface area contributed by atoms with Crippen LogP contribution in [0.3, 0.4) is 0 Å². The monoisotopic (exact) mass is 558 g/mol. The van der Waals surface area contributed by atoms with Crippen molar-refractivity contribution in [3.63, 3.8) is 0 Å². The van der Waals surface area contributed by atoms with Gasteiger partial charge in [0, 0.05) is 23.5 Å². The van der Waals surface area contributed by atoms with E-state index in [1.807, 2.05) is 49.4 Å². The lowest BCUT2D eigenvalue weighted by Crippen LogP contribution is -2.30. The number of nitrogens with zero attached hydrogens (tertiary/aromatic N) is 4. The van der Waals surface area contributed by atoms with E-state index in [2.05, 4.69) is 17.0 Å². The number of halogens is 1. The maximum atomic E-state index is 13.9. The van der Waals surface area contributed by atoms with E-state index in [9.17, 15) is 9.59 Å². The van der Waals surface area contributed by atoms with E-state index in [4.69, 9.17) is 28.8 Å². The van der Waals surface area contributed by atoms with Gasteiger partial charge >= 0.3 is 0 Å². The Labute approximate surface area is 234 Å². The van der Waals surface area contributed by atoms with Crippen molar-refractivity contribution >= 4 is 69.0 Å². The number of anilines is 2. The van der Waals surface area contributed by atoms with Crippen molar-refractivity contribution in [2.45, 2.75) is 26.3 Å². The van der Waals surface area contributed by atoms with Crippen LogP contribution in [0.1, 0.15) is 28.7 Å². The zero-order valence-electron chi connectivity index (χ0n) is 20.6. The molecule has 2 aromatic carbocycles. The summed E-state index contributed by atoms with van der Waals surface area (Å²) in [5.74, 6) is 0.293. The molecule has 190 valence electrons. The zero-order chi connectivity index (χ0) is 26.4. The number of aryl methyl sites for hydroxylation is 2. The van der Waals surface area contributed by atoms with Gasteiger partial charge in [-0.3, -0.25) is 18.9 Å². The van der Waals surface area contributed by atoms with Gasteiger partial charge in [-0.2, -0.15) is 0 Å². The molecule has 4 heterocycles. The Morgan fingerprint density at radius 3 is 2.71 bits per heavy atom. The molecule has 0 aliphatic carbocycles. The summed E-state index contributed by atoms with van der Waals surface area (Å²) >= 11 is 13.1. The third-order valence-corrected chi connectivity index (χ3v) is 8.53. The molecule has 0 atom stereocenters. The predicted molar refractivity (Wildman–Crippen MR) is 158 cm³/mol. The maximum absolute atomic E-state index is 13.9. The first-order valence-corrected chi connectivity index (χ1v) is 13.9. The first-order valence-electron chi connectivity index (χ1n) is 12.3. The number of para-hydroxylation sites is 1. The fourth-order valence-corrected chi connectivity index (χ4v) is 6.33. The summed E-state index contributed by atoms with van der Waals surface area (Å²) in [7, 11) is 0. The van der Waals surface area contributed by atoms with Gasteiger partial charge in [0.25, 0.3) is 11.5 Å². The number of rotatable bonds is 4. The van der Waals surface area contributed by atoms with Crippen LogP contribution in [0.4, 0.5) is 11.5 Å². The van der Waals surface area contributed by atoms with Crippen LogP contribution in [-0.2, 0) is 17.8 Å². The van der Waals surface area contributed by atoms with Gasteiger partial charge in [-0.25, -0.2) is 4.98 Å². The minimum absolute atomic E-state index is 0.229. The molecule has 0 saturated carbocycles. The molecule has 4 aromatic rings. The first kappa shape index (κ1) is 24.9. The molecule has 9 heteroatoms. The summed E-state index contributed by atoms with van der Waals surface area (Å²) in [4.78, 5) is 36.4. The topological polar surface area (TPSA) is 57.9 Å². The molecular weight excluding hydrogens is 536 g/mol. The molecule has 6 rings (SSSR count). The summed E-state index contributed by atoms with van der Waals surface area (Å²) in [6.07, 6.45) is 5.33. The number of pyridine rings is 1. The van der Waals surface area contributed by atoms with Crippen molar-refractivity contribution in [2.75, 3.05) is 11.4 Å². The van der Waals surface area contributed by atoms with Crippen molar-refractivity contribution in [3.05, 3.63) is 109 Å². The van der Waals surface area contributed by atoms with E-state index in [1.165, 1.54) is 22.2 Å². The van der Waals surface area contributed by atoms with Crippen LogP contribution in [0.2, 0.25) is 5.02 Å². The quantitative estimate of drug-likeness (QED) is 0.221. The van der Waals surface area contributed by atoms with Crippen LogP contribution < -0.4 is 10.5 Å².